The van der Waals surface area contributed by atoms with Gasteiger partial charge < -0.3 is 10.6 Å². The van der Waals surface area contributed by atoms with Crippen LogP contribution in [-0.2, 0) is 19.6 Å². The van der Waals surface area contributed by atoms with Gasteiger partial charge in [-0.1, -0.05) is 24.6 Å². The fraction of sp³-hybridized carbons (Fsp3) is 0.429. The second kappa shape index (κ2) is 9.72. The molecule has 1 aliphatic heterocycles. The molecule has 30 heavy (non-hydrogen) atoms. The van der Waals surface area contributed by atoms with Gasteiger partial charge in [-0.05, 0) is 61.7 Å². The summed E-state index contributed by atoms with van der Waals surface area (Å²) in [7, 11) is -3.52. The second-order valence-electron chi connectivity index (χ2n) is 7.51. The van der Waals surface area contributed by atoms with E-state index in [1.54, 1.807) is 21.8 Å². The molecule has 0 spiro atoms. The zero-order valence-corrected chi connectivity index (χ0v) is 18.8. The van der Waals surface area contributed by atoms with Crippen LogP contribution in [0.15, 0.2) is 39.9 Å². The molecule has 1 atom stereocenters. The van der Waals surface area contributed by atoms with Gasteiger partial charge in [0.05, 0.1) is 0 Å². The number of rotatable bonds is 6. The van der Waals surface area contributed by atoms with E-state index in [1.165, 1.54) is 11.3 Å². The minimum atomic E-state index is -3.52. The summed E-state index contributed by atoms with van der Waals surface area (Å²) in [6.07, 6.45) is 2.98. The number of sulfonamides is 1. The van der Waals surface area contributed by atoms with Crippen LogP contribution >= 0.6 is 11.3 Å². The third-order valence-corrected chi connectivity index (χ3v) is 8.57. The predicted molar refractivity (Wildman–Crippen MR) is 118 cm³/mol. The van der Waals surface area contributed by atoms with Gasteiger partial charge in [0.1, 0.15) is 4.21 Å². The van der Waals surface area contributed by atoms with Crippen LogP contribution in [0.1, 0.15) is 36.8 Å². The van der Waals surface area contributed by atoms with E-state index < -0.39 is 21.8 Å². The fourth-order valence-electron chi connectivity index (χ4n) is 3.59. The number of carbonyl (C=O) groups excluding carboxylic acids is 2. The van der Waals surface area contributed by atoms with E-state index in [1.807, 2.05) is 32.0 Å². The Morgan fingerprint density at radius 3 is 2.70 bits per heavy atom. The van der Waals surface area contributed by atoms with Gasteiger partial charge in [-0.15, -0.1) is 11.3 Å². The molecule has 1 aromatic carbocycles. The lowest BCUT2D eigenvalue weighted by molar-refractivity contribution is -0.136. The molecule has 0 radical (unpaired) electrons. The normalized spacial score (nSPS) is 17.5. The lowest BCUT2D eigenvalue weighted by Gasteiger charge is -2.34. The SMILES string of the molecule is Cc1ccc(C)c(NC(=O)C(=O)NCC[C@H]2CCCCN2S(=O)(=O)c2cccs2)c1. The van der Waals surface area contributed by atoms with E-state index in [-0.39, 0.29) is 12.6 Å². The second-order valence-corrected chi connectivity index (χ2v) is 10.6. The maximum atomic E-state index is 12.9. The van der Waals surface area contributed by atoms with Crippen LogP contribution in [0, 0.1) is 13.8 Å². The Hall–Kier alpha value is -2.23. The average molecular weight is 450 g/mol. The molecule has 1 saturated heterocycles. The molecule has 9 heteroatoms. The first-order valence-electron chi connectivity index (χ1n) is 10.0. The van der Waals surface area contributed by atoms with E-state index in [0.717, 1.165) is 30.4 Å². The summed E-state index contributed by atoms with van der Waals surface area (Å²) in [5, 5.41) is 7.01. The summed E-state index contributed by atoms with van der Waals surface area (Å²) < 4.78 is 27.7. The van der Waals surface area contributed by atoms with Gasteiger partial charge in [0.2, 0.25) is 0 Å². The fourth-order valence-corrected chi connectivity index (χ4v) is 6.43. The maximum absolute atomic E-state index is 12.9. The van der Waals surface area contributed by atoms with Gasteiger partial charge in [-0.25, -0.2) is 8.42 Å². The van der Waals surface area contributed by atoms with Crippen molar-refractivity contribution in [2.24, 2.45) is 0 Å². The van der Waals surface area contributed by atoms with Crippen LogP contribution in [0.2, 0.25) is 0 Å². The molecule has 2 aromatic rings. The topological polar surface area (TPSA) is 95.6 Å². The van der Waals surface area contributed by atoms with E-state index in [4.69, 9.17) is 0 Å². The van der Waals surface area contributed by atoms with Gasteiger partial charge >= 0.3 is 11.8 Å². The highest BCUT2D eigenvalue weighted by molar-refractivity contribution is 7.91. The van der Waals surface area contributed by atoms with Crippen molar-refractivity contribution in [2.45, 2.75) is 49.8 Å². The van der Waals surface area contributed by atoms with Gasteiger partial charge in [0.25, 0.3) is 10.0 Å². The first kappa shape index (κ1) is 22.5. The number of aryl methyl sites for hydroxylation is 2. The Balaban J connectivity index is 1.56. The molecule has 162 valence electrons. The number of piperidine rings is 1. The van der Waals surface area contributed by atoms with Crippen LogP contribution in [-0.4, -0.2) is 43.7 Å². The quantitative estimate of drug-likeness (QED) is 0.663. The summed E-state index contributed by atoms with van der Waals surface area (Å²) in [6, 6.07) is 8.79. The zero-order chi connectivity index (χ0) is 21.7. The Morgan fingerprint density at radius 1 is 1.17 bits per heavy atom. The standard InChI is InChI=1S/C21H27N3O4S2/c1-15-8-9-16(2)18(14-15)23-21(26)20(25)22-11-10-17-6-3-4-12-24(17)30(27,28)19-7-5-13-29-19/h5,7-9,13-14,17H,3-4,6,10-12H2,1-2H3,(H,22,25)(H,23,26)/t17-/m1/s1. The van der Waals surface area contributed by atoms with Crippen molar-refractivity contribution >= 4 is 38.9 Å². The van der Waals surface area contributed by atoms with Crippen molar-refractivity contribution in [1.29, 1.82) is 0 Å². The van der Waals surface area contributed by atoms with Crippen molar-refractivity contribution in [3.8, 4) is 0 Å². The van der Waals surface area contributed by atoms with E-state index >= 15 is 0 Å². The highest BCUT2D eigenvalue weighted by atomic mass is 32.2. The first-order valence-corrected chi connectivity index (χ1v) is 12.3. The van der Waals surface area contributed by atoms with Crippen molar-refractivity contribution in [3.05, 3.63) is 46.8 Å². The molecular formula is C21H27N3O4S2. The Morgan fingerprint density at radius 2 is 1.97 bits per heavy atom. The van der Waals surface area contributed by atoms with Crippen LogP contribution in [0.3, 0.4) is 0 Å². The zero-order valence-electron chi connectivity index (χ0n) is 17.2. The summed E-state index contributed by atoms with van der Waals surface area (Å²) in [6.45, 7) is 4.49. The Kier molecular flexibility index (Phi) is 7.27. The molecule has 1 fully saturated rings. The Labute approximate surface area is 181 Å². The van der Waals surface area contributed by atoms with E-state index in [9.17, 15) is 18.0 Å². The lowest BCUT2D eigenvalue weighted by atomic mass is 10.0. The molecular weight excluding hydrogens is 422 g/mol. The number of nitrogens with one attached hydrogen (secondary N) is 2. The molecule has 0 unspecified atom stereocenters. The third kappa shape index (κ3) is 5.27. The van der Waals surface area contributed by atoms with Crippen LogP contribution < -0.4 is 10.6 Å². The van der Waals surface area contributed by atoms with E-state index in [0.29, 0.717) is 22.9 Å². The monoisotopic (exact) mass is 449 g/mol. The number of nitrogens with zero attached hydrogens (tertiary/aromatic N) is 1. The molecule has 0 bridgehead atoms. The van der Waals surface area contributed by atoms with E-state index in [2.05, 4.69) is 10.6 Å². The largest absolute Gasteiger partial charge is 0.348 e. The van der Waals surface area contributed by atoms with Gasteiger partial charge in [0.15, 0.2) is 0 Å². The van der Waals surface area contributed by atoms with Gasteiger partial charge in [-0.2, -0.15) is 4.31 Å². The number of carbonyl (C=O) groups is 2. The molecule has 2 amide bonds. The van der Waals surface area contributed by atoms with Crippen molar-refractivity contribution < 1.29 is 18.0 Å². The smallest absolute Gasteiger partial charge is 0.313 e. The van der Waals surface area contributed by atoms with Crippen LogP contribution in [0.5, 0.6) is 0 Å². The number of thiophene rings is 1. The number of anilines is 1. The predicted octanol–water partition coefficient (Wildman–Crippen LogP) is 3.05. The average Bonchev–Trinajstić information content (AvgIpc) is 3.27. The molecule has 1 aromatic heterocycles. The summed E-state index contributed by atoms with van der Waals surface area (Å²) >= 11 is 1.21. The minimum absolute atomic E-state index is 0.187. The summed E-state index contributed by atoms with van der Waals surface area (Å²) in [5.74, 6) is -1.45. The number of benzene rings is 1. The third-order valence-electron chi connectivity index (χ3n) is 5.24. The molecule has 7 nitrogen and oxygen atoms in total. The molecule has 0 aliphatic carbocycles. The Bertz CT molecular complexity index is 1000. The first-order chi connectivity index (χ1) is 14.3. The van der Waals surface area contributed by atoms with Crippen molar-refractivity contribution in [2.75, 3.05) is 18.4 Å². The molecule has 2 heterocycles. The highest BCUT2D eigenvalue weighted by Crippen LogP contribution is 2.29. The molecule has 1 aliphatic rings. The number of hydrogen-bond acceptors (Lipinski definition) is 5. The highest BCUT2D eigenvalue weighted by Gasteiger charge is 2.33. The number of amides is 2. The number of hydrogen-bond donors (Lipinski definition) is 2. The van der Waals surface area contributed by atoms with Crippen LogP contribution in [0.4, 0.5) is 5.69 Å². The summed E-state index contributed by atoms with van der Waals surface area (Å²) in [5.41, 5.74) is 2.47. The van der Waals surface area contributed by atoms with Gasteiger partial charge in [-0.3, -0.25) is 9.59 Å². The van der Waals surface area contributed by atoms with Crippen molar-refractivity contribution in [1.82, 2.24) is 9.62 Å². The van der Waals surface area contributed by atoms with Crippen molar-refractivity contribution in [3.63, 3.8) is 0 Å². The molecule has 3 rings (SSSR count). The maximum Gasteiger partial charge on any atom is 0.313 e. The van der Waals surface area contributed by atoms with Gasteiger partial charge in [0, 0.05) is 24.8 Å². The van der Waals surface area contributed by atoms with Crippen LogP contribution in [0.25, 0.3) is 0 Å². The lowest BCUT2D eigenvalue weighted by Crippen LogP contribution is -2.45. The molecule has 2 N–H and O–H groups in total. The molecule has 0 saturated carbocycles. The summed E-state index contributed by atoms with van der Waals surface area (Å²) in [4.78, 5) is 24.4. The minimum Gasteiger partial charge on any atom is -0.348 e.